The van der Waals surface area contributed by atoms with Crippen LogP contribution >= 0.6 is 0 Å². The number of amides is 4. The van der Waals surface area contributed by atoms with E-state index in [0.717, 1.165) is 43.4 Å². The van der Waals surface area contributed by atoms with E-state index >= 15 is 0 Å². The molecule has 0 fully saturated rings. The Morgan fingerprint density at radius 3 is 2.38 bits per heavy atom. The maximum atomic E-state index is 13.5. The fraction of sp³-hybridized carbons (Fsp3) is 0.630. The molecule has 2 aliphatic heterocycles. The fourth-order valence-corrected chi connectivity index (χ4v) is 4.67. The van der Waals surface area contributed by atoms with Crippen LogP contribution in [0.3, 0.4) is 0 Å². The molecule has 6 N–H and O–H groups in total. The summed E-state index contributed by atoms with van der Waals surface area (Å²) in [6.07, 6.45) is 4.29. The highest BCUT2D eigenvalue weighted by Crippen LogP contribution is 2.27. The van der Waals surface area contributed by atoms with Gasteiger partial charge in [-0.1, -0.05) is 44.5 Å². The van der Waals surface area contributed by atoms with Gasteiger partial charge in [0.2, 0.25) is 23.6 Å². The third kappa shape index (κ3) is 10.5. The van der Waals surface area contributed by atoms with E-state index in [2.05, 4.69) is 21.3 Å². The van der Waals surface area contributed by atoms with Crippen LogP contribution in [0.25, 0.3) is 0 Å². The number of carbonyl (C=O) groups excluding carboxylic acids is 4. The summed E-state index contributed by atoms with van der Waals surface area (Å²) >= 11 is 0. The van der Waals surface area contributed by atoms with Crippen molar-refractivity contribution in [2.45, 2.75) is 64.8 Å². The van der Waals surface area contributed by atoms with Crippen LogP contribution in [0.5, 0.6) is 0 Å². The van der Waals surface area contributed by atoms with E-state index in [1.54, 1.807) is 5.48 Å². The van der Waals surface area contributed by atoms with Gasteiger partial charge in [0.15, 0.2) is 0 Å². The molecule has 10 heteroatoms. The van der Waals surface area contributed by atoms with Crippen LogP contribution in [0.1, 0.15) is 57.1 Å². The Morgan fingerprint density at radius 2 is 1.73 bits per heavy atom. The van der Waals surface area contributed by atoms with E-state index in [1.165, 1.54) is 0 Å². The molecule has 0 aliphatic carbocycles. The zero-order chi connectivity index (χ0) is 27.2. The molecule has 1 unspecified atom stereocenters. The van der Waals surface area contributed by atoms with Crippen molar-refractivity contribution in [2.24, 2.45) is 17.8 Å². The second-order valence-corrected chi connectivity index (χ2v) is 10.2. The van der Waals surface area contributed by atoms with Crippen molar-refractivity contribution in [3.05, 3.63) is 35.4 Å². The van der Waals surface area contributed by atoms with Gasteiger partial charge in [0.1, 0.15) is 6.04 Å². The summed E-state index contributed by atoms with van der Waals surface area (Å²) in [5, 5.41) is 20.6. The molecule has 0 saturated heterocycles. The first-order chi connectivity index (χ1) is 17.7. The minimum Gasteiger partial charge on any atom is -0.355 e. The summed E-state index contributed by atoms with van der Waals surface area (Å²) in [5.74, 6) is -3.08. The van der Waals surface area contributed by atoms with Crippen LogP contribution in [0, 0.1) is 17.8 Å². The van der Waals surface area contributed by atoms with E-state index < -0.39 is 35.6 Å². The summed E-state index contributed by atoms with van der Waals surface area (Å²) in [5.41, 5.74) is 3.77. The van der Waals surface area contributed by atoms with E-state index in [1.807, 2.05) is 45.2 Å². The minimum atomic E-state index is -0.925. The highest BCUT2D eigenvalue weighted by Gasteiger charge is 2.36. The van der Waals surface area contributed by atoms with Gasteiger partial charge < -0.3 is 21.3 Å². The zero-order valence-electron chi connectivity index (χ0n) is 22.3. The molecule has 3 atom stereocenters. The summed E-state index contributed by atoms with van der Waals surface area (Å²) in [6.45, 7) is 4.99. The molecule has 2 aliphatic rings. The molecule has 2 bridgehead atoms. The molecule has 37 heavy (non-hydrogen) atoms. The Kier molecular flexibility index (Phi) is 13.1. The number of hydrogen-bond donors (Lipinski definition) is 6. The topological polar surface area (TPSA) is 149 Å². The standard InChI is InChI=1S/C27H43N5O5/c1-18(2)15-22-21(26(35)32-37)8-5-4-7-19-9-11-20(12-10-19)16-23(31-25(22)34)27(36)30-17-24(33)29-14-6-13-28-3/h9-12,18,21-23,28,37H,4-8,13-17H2,1-3H3,(H,29,33)(H,30,36)(H,31,34)(H,32,35)/t21-,22+,23?/m0/s1. The van der Waals surface area contributed by atoms with E-state index in [9.17, 15) is 24.4 Å². The Labute approximate surface area is 219 Å². The Balaban J connectivity index is 2.24. The predicted molar refractivity (Wildman–Crippen MR) is 141 cm³/mol. The smallest absolute Gasteiger partial charge is 0.247 e. The average Bonchev–Trinajstić information content (AvgIpc) is 2.88. The molecule has 0 saturated carbocycles. The molecule has 206 valence electrons. The number of aryl methyl sites for hydroxylation is 1. The second-order valence-electron chi connectivity index (χ2n) is 10.2. The summed E-state index contributed by atoms with van der Waals surface area (Å²) < 4.78 is 0. The maximum absolute atomic E-state index is 13.5. The van der Waals surface area contributed by atoms with Crippen LogP contribution in [0.2, 0.25) is 0 Å². The van der Waals surface area contributed by atoms with E-state index in [0.29, 0.717) is 19.4 Å². The van der Waals surface area contributed by atoms with Crippen molar-refractivity contribution in [2.75, 3.05) is 26.7 Å². The number of fused-ring (bicyclic) bond motifs is 11. The molecular formula is C27H43N5O5. The largest absolute Gasteiger partial charge is 0.355 e. The maximum Gasteiger partial charge on any atom is 0.247 e. The van der Waals surface area contributed by atoms with E-state index in [4.69, 9.17) is 0 Å². The van der Waals surface area contributed by atoms with Crippen molar-refractivity contribution >= 4 is 23.6 Å². The van der Waals surface area contributed by atoms with Gasteiger partial charge in [-0.25, -0.2) is 5.48 Å². The van der Waals surface area contributed by atoms with Crippen LogP contribution < -0.4 is 26.7 Å². The summed E-state index contributed by atoms with van der Waals surface area (Å²) in [7, 11) is 1.83. The molecule has 0 radical (unpaired) electrons. The first kappa shape index (κ1) is 30.2. The van der Waals surface area contributed by atoms with Crippen LogP contribution in [-0.4, -0.2) is 61.6 Å². The first-order valence-electron chi connectivity index (χ1n) is 13.3. The van der Waals surface area contributed by atoms with Gasteiger partial charge >= 0.3 is 0 Å². The van der Waals surface area contributed by atoms with E-state index in [-0.39, 0.29) is 24.8 Å². The molecule has 1 aromatic carbocycles. The van der Waals surface area contributed by atoms with Crippen LogP contribution in [0.4, 0.5) is 0 Å². The zero-order valence-corrected chi connectivity index (χ0v) is 22.3. The number of hydrogen-bond acceptors (Lipinski definition) is 6. The SMILES string of the molecule is CNCCCNC(=O)CNC(=O)C1Cc2ccc(cc2)CCCC[C@H](C(=O)NO)[C@@H](CC(C)C)C(=O)N1. The van der Waals surface area contributed by atoms with Gasteiger partial charge in [0.05, 0.1) is 12.5 Å². The first-order valence-corrected chi connectivity index (χ1v) is 13.3. The van der Waals surface area contributed by atoms with Crippen LogP contribution in [0.15, 0.2) is 24.3 Å². The number of benzene rings is 1. The third-order valence-corrected chi connectivity index (χ3v) is 6.67. The number of rotatable bonds is 10. The lowest BCUT2D eigenvalue weighted by atomic mass is 9.80. The summed E-state index contributed by atoms with van der Waals surface area (Å²) in [6, 6.07) is 7.00. The number of hydroxylamine groups is 1. The average molecular weight is 518 g/mol. The van der Waals surface area contributed by atoms with Crippen molar-refractivity contribution in [3.8, 4) is 0 Å². The van der Waals surface area contributed by atoms with Gasteiger partial charge in [-0.15, -0.1) is 0 Å². The highest BCUT2D eigenvalue weighted by atomic mass is 16.5. The van der Waals surface area contributed by atoms with Gasteiger partial charge in [0, 0.05) is 18.9 Å². The van der Waals surface area contributed by atoms with Crippen LogP contribution in [-0.2, 0) is 32.0 Å². The fourth-order valence-electron chi connectivity index (χ4n) is 4.67. The Bertz CT molecular complexity index is 890. The molecule has 0 spiro atoms. The molecule has 10 nitrogen and oxygen atoms in total. The van der Waals surface area contributed by atoms with Crippen molar-refractivity contribution in [1.82, 2.24) is 26.7 Å². The molecule has 0 aromatic heterocycles. The molecule has 3 rings (SSSR count). The quantitative estimate of drug-likeness (QED) is 0.155. The predicted octanol–water partition coefficient (Wildman–Crippen LogP) is 1.07. The van der Waals surface area contributed by atoms with Crippen molar-refractivity contribution < 1.29 is 24.4 Å². The summed E-state index contributed by atoms with van der Waals surface area (Å²) in [4.78, 5) is 51.4. The van der Waals surface area contributed by atoms with Crippen molar-refractivity contribution in [1.29, 1.82) is 0 Å². The van der Waals surface area contributed by atoms with Gasteiger partial charge in [-0.05, 0) is 62.7 Å². The Morgan fingerprint density at radius 1 is 1.03 bits per heavy atom. The lowest BCUT2D eigenvalue weighted by Crippen LogP contribution is -2.53. The minimum absolute atomic E-state index is 0.120. The molecule has 4 amide bonds. The normalized spacial score (nSPS) is 20.6. The molecule has 2 heterocycles. The van der Waals surface area contributed by atoms with Crippen molar-refractivity contribution in [3.63, 3.8) is 0 Å². The highest BCUT2D eigenvalue weighted by molar-refractivity contribution is 5.93. The van der Waals surface area contributed by atoms with Gasteiger partial charge in [-0.3, -0.25) is 24.4 Å². The third-order valence-electron chi connectivity index (χ3n) is 6.67. The number of nitrogens with one attached hydrogen (secondary N) is 5. The van der Waals surface area contributed by atoms with Gasteiger partial charge in [0.25, 0.3) is 0 Å². The second kappa shape index (κ2) is 16.0. The molecule has 1 aromatic rings. The molecular weight excluding hydrogens is 474 g/mol. The van der Waals surface area contributed by atoms with Gasteiger partial charge in [-0.2, -0.15) is 0 Å². The monoisotopic (exact) mass is 517 g/mol. The Hall–Kier alpha value is -2.98. The lowest BCUT2D eigenvalue weighted by Gasteiger charge is -2.28. The lowest BCUT2D eigenvalue weighted by molar-refractivity contribution is -0.142. The number of carbonyl (C=O) groups is 4.